The summed E-state index contributed by atoms with van der Waals surface area (Å²) >= 11 is 0. The molecule has 0 radical (unpaired) electrons. The second kappa shape index (κ2) is 5.49. The van der Waals surface area contributed by atoms with Gasteiger partial charge in [0.25, 0.3) is 0 Å². The third kappa shape index (κ3) is 2.57. The zero-order valence-corrected chi connectivity index (χ0v) is 12.0. The zero-order valence-electron chi connectivity index (χ0n) is 12.0. The van der Waals surface area contributed by atoms with E-state index in [1.165, 1.54) is 5.56 Å². The minimum Gasteiger partial charge on any atom is -0.395 e. The van der Waals surface area contributed by atoms with E-state index in [0.717, 1.165) is 16.7 Å². The van der Waals surface area contributed by atoms with E-state index in [1.54, 1.807) is 10.9 Å². The molecule has 0 aliphatic rings. The van der Waals surface area contributed by atoms with Gasteiger partial charge in [-0.15, -0.1) is 0 Å². The van der Waals surface area contributed by atoms with Crippen molar-refractivity contribution in [3.05, 3.63) is 41.9 Å². The molecule has 2 heterocycles. The van der Waals surface area contributed by atoms with Gasteiger partial charge in [0.2, 0.25) is 0 Å². The number of anilines is 1. The molecule has 0 spiro atoms. The van der Waals surface area contributed by atoms with Crippen molar-refractivity contribution in [2.75, 3.05) is 18.5 Å². The van der Waals surface area contributed by atoms with Crippen LogP contribution in [0.4, 0.5) is 5.82 Å². The van der Waals surface area contributed by atoms with Gasteiger partial charge in [-0.05, 0) is 26.0 Å². The van der Waals surface area contributed by atoms with Crippen LogP contribution < -0.4 is 5.32 Å². The number of aromatic nitrogens is 4. The molecule has 6 nitrogen and oxygen atoms in total. The van der Waals surface area contributed by atoms with Crippen LogP contribution in [0.2, 0.25) is 0 Å². The first kappa shape index (κ1) is 13.5. The van der Waals surface area contributed by atoms with Crippen molar-refractivity contribution in [3.63, 3.8) is 0 Å². The van der Waals surface area contributed by atoms with Gasteiger partial charge in [-0.1, -0.05) is 17.7 Å². The maximum atomic E-state index is 8.95. The second-order valence-corrected chi connectivity index (χ2v) is 4.90. The molecule has 0 saturated heterocycles. The molecule has 0 aliphatic carbocycles. The number of aliphatic hydroxyl groups is 1. The van der Waals surface area contributed by atoms with Gasteiger partial charge in [-0.2, -0.15) is 5.10 Å². The Hall–Kier alpha value is -2.47. The van der Waals surface area contributed by atoms with Gasteiger partial charge in [-0.25, -0.2) is 14.6 Å². The first-order chi connectivity index (χ1) is 10.2. The molecule has 2 N–H and O–H groups in total. The molecule has 0 bridgehead atoms. The summed E-state index contributed by atoms with van der Waals surface area (Å²) in [5.41, 5.74) is 2.92. The molecule has 0 saturated carbocycles. The third-order valence-corrected chi connectivity index (χ3v) is 3.22. The summed E-state index contributed by atoms with van der Waals surface area (Å²) in [6.45, 7) is 4.39. The first-order valence-electron chi connectivity index (χ1n) is 6.83. The highest BCUT2D eigenvalue weighted by atomic mass is 16.3. The summed E-state index contributed by atoms with van der Waals surface area (Å²) in [4.78, 5) is 8.86. The molecule has 21 heavy (non-hydrogen) atoms. The Morgan fingerprint density at radius 1 is 1.14 bits per heavy atom. The van der Waals surface area contributed by atoms with Gasteiger partial charge in [0.05, 0.1) is 23.9 Å². The minimum absolute atomic E-state index is 0.0522. The third-order valence-electron chi connectivity index (χ3n) is 3.22. The van der Waals surface area contributed by atoms with Gasteiger partial charge < -0.3 is 10.4 Å². The van der Waals surface area contributed by atoms with Gasteiger partial charge in [0.15, 0.2) is 5.65 Å². The molecule has 3 aromatic rings. The van der Waals surface area contributed by atoms with E-state index in [1.807, 2.05) is 38.1 Å². The molecular weight excluding hydrogens is 266 g/mol. The molecule has 0 amide bonds. The predicted octanol–water partition coefficient (Wildman–Crippen LogP) is 1.84. The van der Waals surface area contributed by atoms with Gasteiger partial charge in [-0.3, -0.25) is 0 Å². The average Bonchev–Trinajstić information content (AvgIpc) is 2.89. The van der Waals surface area contributed by atoms with Crippen LogP contribution in [0.15, 0.2) is 30.5 Å². The molecule has 1 aromatic carbocycles. The molecule has 0 aliphatic heterocycles. The summed E-state index contributed by atoms with van der Waals surface area (Å²) in [7, 11) is 0. The van der Waals surface area contributed by atoms with Crippen molar-refractivity contribution < 1.29 is 5.11 Å². The first-order valence-corrected chi connectivity index (χ1v) is 6.83. The van der Waals surface area contributed by atoms with Crippen LogP contribution in [-0.4, -0.2) is 38.0 Å². The number of nitrogens with one attached hydrogen (secondary N) is 1. The standard InChI is InChI=1S/C15H17N5O/c1-10-3-5-12(6-4-10)20-15-13(9-17-20)14(16-7-8-21)18-11(2)19-15/h3-6,9,21H,7-8H2,1-2H3,(H,16,18,19). The Kier molecular flexibility index (Phi) is 3.53. The van der Waals surface area contributed by atoms with E-state index in [2.05, 4.69) is 20.4 Å². The Morgan fingerprint density at radius 2 is 1.90 bits per heavy atom. The average molecular weight is 283 g/mol. The number of hydrogen-bond donors (Lipinski definition) is 2. The van der Waals surface area contributed by atoms with Crippen LogP contribution in [0.25, 0.3) is 16.7 Å². The lowest BCUT2D eigenvalue weighted by Gasteiger charge is -2.07. The number of aliphatic hydroxyl groups excluding tert-OH is 1. The molecule has 2 aromatic heterocycles. The van der Waals surface area contributed by atoms with Gasteiger partial charge in [0.1, 0.15) is 11.6 Å². The monoisotopic (exact) mass is 283 g/mol. The van der Waals surface area contributed by atoms with Crippen molar-refractivity contribution in [2.45, 2.75) is 13.8 Å². The molecule has 0 fully saturated rings. The fourth-order valence-electron chi connectivity index (χ4n) is 2.20. The van der Waals surface area contributed by atoms with E-state index in [0.29, 0.717) is 18.2 Å². The molecular formula is C15H17N5O. The normalized spacial score (nSPS) is 11.0. The van der Waals surface area contributed by atoms with E-state index >= 15 is 0 Å². The van der Waals surface area contributed by atoms with Gasteiger partial charge >= 0.3 is 0 Å². The Balaban J connectivity index is 2.13. The number of fused-ring (bicyclic) bond motifs is 1. The largest absolute Gasteiger partial charge is 0.395 e. The van der Waals surface area contributed by atoms with Crippen LogP contribution in [0.5, 0.6) is 0 Å². The highest BCUT2D eigenvalue weighted by Gasteiger charge is 2.12. The SMILES string of the molecule is Cc1ccc(-n2ncc3c(NCCO)nc(C)nc32)cc1. The summed E-state index contributed by atoms with van der Waals surface area (Å²) in [6.07, 6.45) is 1.74. The molecule has 108 valence electrons. The zero-order chi connectivity index (χ0) is 14.8. The van der Waals surface area contributed by atoms with Crippen LogP contribution in [0.1, 0.15) is 11.4 Å². The Morgan fingerprint density at radius 3 is 2.62 bits per heavy atom. The van der Waals surface area contributed by atoms with E-state index in [4.69, 9.17) is 5.11 Å². The van der Waals surface area contributed by atoms with Crippen LogP contribution in [0.3, 0.4) is 0 Å². The summed E-state index contributed by atoms with van der Waals surface area (Å²) in [6, 6.07) is 8.11. The summed E-state index contributed by atoms with van der Waals surface area (Å²) in [5, 5.41) is 17.3. The van der Waals surface area contributed by atoms with Crippen LogP contribution >= 0.6 is 0 Å². The molecule has 6 heteroatoms. The van der Waals surface area contributed by atoms with Crippen LogP contribution in [0, 0.1) is 13.8 Å². The number of benzene rings is 1. The Bertz CT molecular complexity index is 764. The lowest BCUT2D eigenvalue weighted by molar-refractivity contribution is 0.311. The predicted molar refractivity (Wildman–Crippen MR) is 81.7 cm³/mol. The second-order valence-electron chi connectivity index (χ2n) is 4.90. The number of hydrogen-bond acceptors (Lipinski definition) is 5. The number of rotatable bonds is 4. The fraction of sp³-hybridized carbons (Fsp3) is 0.267. The molecule has 0 unspecified atom stereocenters. The Labute approximate surface area is 122 Å². The molecule has 3 rings (SSSR count). The van der Waals surface area contributed by atoms with Crippen molar-refractivity contribution in [1.82, 2.24) is 19.7 Å². The van der Waals surface area contributed by atoms with E-state index in [9.17, 15) is 0 Å². The summed E-state index contributed by atoms with van der Waals surface area (Å²) < 4.78 is 1.80. The van der Waals surface area contributed by atoms with Gasteiger partial charge in [0, 0.05) is 6.54 Å². The highest BCUT2D eigenvalue weighted by molar-refractivity contribution is 5.87. The maximum Gasteiger partial charge on any atom is 0.168 e. The minimum atomic E-state index is 0.0522. The highest BCUT2D eigenvalue weighted by Crippen LogP contribution is 2.22. The van der Waals surface area contributed by atoms with E-state index in [-0.39, 0.29) is 6.61 Å². The lowest BCUT2D eigenvalue weighted by Crippen LogP contribution is -2.09. The van der Waals surface area contributed by atoms with Crippen molar-refractivity contribution in [1.29, 1.82) is 0 Å². The smallest absolute Gasteiger partial charge is 0.168 e. The maximum absolute atomic E-state index is 8.95. The summed E-state index contributed by atoms with van der Waals surface area (Å²) in [5.74, 6) is 1.36. The molecule has 0 atom stereocenters. The van der Waals surface area contributed by atoms with Crippen molar-refractivity contribution >= 4 is 16.9 Å². The van der Waals surface area contributed by atoms with E-state index < -0.39 is 0 Å². The van der Waals surface area contributed by atoms with Crippen molar-refractivity contribution in [3.8, 4) is 5.69 Å². The van der Waals surface area contributed by atoms with Crippen molar-refractivity contribution in [2.24, 2.45) is 0 Å². The lowest BCUT2D eigenvalue weighted by atomic mass is 10.2. The number of nitrogens with zero attached hydrogens (tertiary/aromatic N) is 4. The fourth-order valence-corrected chi connectivity index (χ4v) is 2.20. The topological polar surface area (TPSA) is 75.9 Å². The quantitative estimate of drug-likeness (QED) is 0.764. The number of aryl methyl sites for hydroxylation is 2. The van der Waals surface area contributed by atoms with Crippen LogP contribution in [-0.2, 0) is 0 Å².